The predicted molar refractivity (Wildman–Crippen MR) is 84.0 cm³/mol. The Balaban J connectivity index is 2.08. The van der Waals surface area contributed by atoms with Gasteiger partial charge in [-0.2, -0.15) is 0 Å². The largest absolute Gasteiger partial charge is 0.415 e. The van der Waals surface area contributed by atoms with Crippen LogP contribution in [0.2, 0.25) is 5.02 Å². The number of nitrogens with zero attached hydrogens (tertiary/aromatic N) is 3. The molecular formula is C16H14ClN3O2. The fourth-order valence-electron chi connectivity index (χ4n) is 2.50. The van der Waals surface area contributed by atoms with Crippen molar-refractivity contribution in [3.63, 3.8) is 0 Å². The van der Waals surface area contributed by atoms with Gasteiger partial charge in [-0.3, -0.25) is 4.79 Å². The van der Waals surface area contributed by atoms with Crippen LogP contribution < -0.4 is 0 Å². The van der Waals surface area contributed by atoms with E-state index in [1.54, 1.807) is 12.1 Å². The highest BCUT2D eigenvalue weighted by Gasteiger charge is 2.21. The van der Waals surface area contributed by atoms with Gasteiger partial charge in [-0.05, 0) is 43.7 Å². The summed E-state index contributed by atoms with van der Waals surface area (Å²) < 4.78 is 7.66. The maximum absolute atomic E-state index is 11.2. The third-order valence-electron chi connectivity index (χ3n) is 3.82. The zero-order valence-corrected chi connectivity index (χ0v) is 13.2. The van der Waals surface area contributed by atoms with Crippen molar-refractivity contribution < 1.29 is 9.21 Å². The zero-order chi connectivity index (χ0) is 15.9. The molecule has 0 aliphatic rings. The van der Waals surface area contributed by atoms with Crippen LogP contribution in [0.25, 0.3) is 23.0 Å². The second kappa shape index (κ2) is 5.42. The van der Waals surface area contributed by atoms with Crippen molar-refractivity contribution in [3.8, 4) is 23.0 Å². The number of carbonyl (C=O) groups excluding carboxylic acids is 1. The Morgan fingerprint density at radius 1 is 1.14 bits per heavy atom. The molecule has 0 aliphatic heterocycles. The molecule has 0 saturated heterocycles. The number of halogens is 1. The molecule has 0 fully saturated rings. The van der Waals surface area contributed by atoms with Crippen molar-refractivity contribution >= 4 is 17.9 Å². The molecule has 6 heteroatoms. The summed E-state index contributed by atoms with van der Waals surface area (Å²) in [7, 11) is 1.87. The van der Waals surface area contributed by atoms with Crippen molar-refractivity contribution in [2.45, 2.75) is 13.8 Å². The molecule has 0 radical (unpaired) electrons. The van der Waals surface area contributed by atoms with Crippen LogP contribution in [0.3, 0.4) is 0 Å². The number of aromatic nitrogens is 3. The van der Waals surface area contributed by atoms with Gasteiger partial charge in [0.25, 0.3) is 5.89 Å². The third kappa shape index (κ3) is 2.23. The van der Waals surface area contributed by atoms with Gasteiger partial charge >= 0.3 is 0 Å². The second-order valence-corrected chi connectivity index (χ2v) is 5.51. The molecule has 0 spiro atoms. The van der Waals surface area contributed by atoms with Crippen LogP contribution in [0.1, 0.15) is 21.6 Å². The van der Waals surface area contributed by atoms with E-state index >= 15 is 0 Å². The van der Waals surface area contributed by atoms with Crippen LogP contribution in [0, 0.1) is 13.8 Å². The minimum Gasteiger partial charge on any atom is -0.415 e. The van der Waals surface area contributed by atoms with Crippen LogP contribution in [-0.4, -0.2) is 21.1 Å². The average Bonchev–Trinajstić information content (AvgIpc) is 3.05. The SMILES string of the molecule is Cc1c(C=O)c(C)n(C)c1-c1nnc(-c2ccc(Cl)cc2)o1. The first-order chi connectivity index (χ1) is 10.5. The van der Waals surface area contributed by atoms with E-state index in [0.29, 0.717) is 22.4 Å². The van der Waals surface area contributed by atoms with Crippen molar-refractivity contribution in [1.29, 1.82) is 0 Å². The quantitative estimate of drug-likeness (QED) is 0.689. The number of hydrogen-bond donors (Lipinski definition) is 0. The van der Waals surface area contributed by atoms with E-state index in [9.17, 15) is 4.79 Å². The fraction of sp³-hybridized carbons (Fsp3) is 0.188. The lowest BCUT2D eigenvalue weighted by molar-refractivity contribution is 0.112. The van der Waals surface area contributed by atoms with Crippen molar-refractivity contribution in [2.24, 2.45) is 7.05 Å². The van der Waals surface area contributed by atoms with Gasteiger partial charge < -0.3 is 8.98 Å². The number of rotatable bonds is 3. The number of aldehydes is 1. The highest BCUT2D eigenvalue weighted by Crippen LogP contribution is 2.30. The minimum absolute atomic E-state index is 0.390. The van der Waals surface area contributed by atoms with Crippen LogP contribution >= 0.6 is 11.6 Å². The van der Waals surface area contributed by atoms with Gasteiger partial charge in [0.15, 0.2) is 6.29 Å². The van der Waals surface area contributed by atoms with Gasteiger partial charge in [-0.1, -0.05) is 11.6 Å². The molecule has 0 unspecified atom stereocenters. The lowest BCUT2D eigenvalue weighted by Crippen LogP contribution is -1.95. The predicted octanol–water partition coefficient (Wildman–Crippen LogP) is 3.82. The molecule has 0 amide bonds. The van der Waals surface area contributed by atoms with Gasteiger partial charge in [0.05, 0.1) is 0 Å². The second-order valence-electron chi connectivity index (χ2n) is 5.07. The molecule has 3 rings (SSSR count). The minimum atomic E-state index is 0.390. The smallest absolute Gasteiger partial charge is 0.264 e. The third-order valence-corrected chi connectivity index (χ3v) is 4.08. The number of carbonyl (C=O) groups is 1. The Hall–Kier alpha value is -2.40. The Bertz CT molecular complexity index is 847. The molecule has 1 aromatic carbocycles. The van der Waals surface area contributed by atoms with Gasteiger partial charge in [0.1, 0.15) is 5.69 Å². The molecule has 0 bridgehead atoms. The Labute approximate surface area is 132 Å². The molecular weight excluding hydrogens is 302 g/mol. The van der Waals surface area contributed by atoms with Gasteiger partial charge in [-0.25, -0.2) is 0 Å². The van der Waals surface area contributed by atoms with E-state index in [2.05, 4.69) is 10.2 Å². The van der Waals surface area contributed by atoms with Gasteiger partial charge in [-0.15, -0.1) is 10.2 Å². The van der Waals surface area contributed by atoms with Gasteiger partial charge in [0.2, 0.25) is 5.89 Å². The van der Waals surface area contributed by atoms with Gasteiger partial charge in [0, 0.05) is 28.9 Å². The van der Waals surface area contributed by atoms with Crippen molar-refractivity contribution in [3.05, 3.63) is 46.1 Å². The molecule has 2 heterocycles. The van der Waals surface area contributed by atoms with Crippen molar-refractivity contribution in [1.82, 2.24) is 14.8 Å². The summed E-state index contributed by atoms with van der Waals surface area (Å²) in [5, 5.41) is 8.83. The first-order valence-corrected chi connectivity index (χ1v) is 7.11. The Morgan fingerprint density at radius 3 is 2.36 bits per heavy atom. The van der Waals surface area contributed by atoms with E-state index in [1.807, 2.05) is 37.6 Å². The van der Waals surface area contributed by atoms with Crippen LogP contribution in [0.5, 0.6) is 0 Å². The highest BCUT2D eigenvalue weighted by atomic mass is 35.5. The fourth-order valence-corrected chi connectivity index (χ4v) is 2.63. The van der Waals surface area contributed by atoms with E-state index in [1.165, 1.54) is 0 Å². The Morgan fingerprint density at radius 2 is 1.77 bits per heavy atom. The molecule has 0 atom stereocenters. The summed E-state index contributed by atoms with van der Waals surface area (Å²) in [6.07, 6.45) is 0.852. The van der Waals surface area contributed by atoms with E-state index in [0.717, 1.165) is 28.8 Å². The summed E-state index contributed by atoms with van der Waals surface area (Å²) in [6.45, 7) is 3.76. The van der Waals surface area contributed by atoms with E-state index in [4.69, 9.17) is 16.0 Å². The molecule has 0 N–H and O–H groups in total. The normalized spacial score (nSPS) is 10.9. The van der Waals surface area contributed by atoms with Crippen molar-refractivity contribution in [2.75, 3.05) is 0 Å². The summed E-state index contributed by atoms with van der Waals surface area (Å²) in [4.78, 5) is 11.2. The number of hydrogen-bond acceptors (Lipinski definition) is 4. The maximum Gasteiger partial charge on any atom is 0.264 e. The average molecular weight is 316 g/mol. The first-order valence-electron chi connectivity index (χ1n) is 6.73. The van der Waals surface area contributed by atoms with Crippen LogP contribution in [0.4, 0.5) is 0 Å². The molecule has 2 aromatic heterocycles. The summed E-state index contributed by atoms with van der Waals surface area (Å²) in [5.74, 6) is 0.804. The molecule has 0 aliphatic carbocycles. The number of benzene rings is 1. The summed E-state index contributed by atoms with van der Waals surface area (Å²) in [5.41, 5.74) is 3.91. The van der Waals surface area contributed by atoms with Crippen LogP contribution in [0.15, 0.2) is 28.7 Å². The first kappa shape index (κ1) is 14.5. The topological polar surface area (TPSA) is 60.9 Å². The molecule has 5 nitrogen and oxygen atoms in total. The van der Waals surface area contributed by atoms with E-state index < -0.39 is 0 Å². The highest BCUT2D eigenvalue weighted by molar-refractivity contribution is 6.30. The Kier molecular flexibility index (Phi) is 3.58. The summed E-state index contributed by atoms with van der Waals surface area (Å²) in [6, 6.07) is 7.17. The van der Waals surface area contributed by atoms with Crippen LogP contribution in [-0.2, 0) is 7.05 Å². The maximum atomic E-state index is 11.2. The zero-order valence-electron chi connectivity index (χ0n) is 12.4. The monoisotopic (exact) mass is 315 g/mol. The molecule has 3 aromatic rings. The molecule has 22 heavy (non-hydrogen) atoms. The van der Waals surface area contributed by atoms with E-state index in [-0.39, 0.29) is 0 Å². The standard InChI is InChI=1S/C16H14ClN3O2/c1-9-13(8-21)10(2)20(3)14(9)16-19-18-15(22-16)11-4-6-12(17)7-5-11/h4-8H,1-3H3. The lowest BCUT2D eigenvalue weighted by Gasteiger charge is -2.01. The summed E-state index contributed by atoms with van der Waals surface area (Å²) >= 11 is 5.87. The lowest BCUT2D eigenvalue weighted by atomic mass is 10.1. The molecule has 0 saturated carbocycles. The molecule has 112 valence electrons.